The summed E-state index contributed by atoms with van der Waals surface area (Å²) in [6, 6.07) is 0. The van der Waals surface area contributed by atoms with Crippen molar-refractivity contribution in [1.29, 1.82) is 0 Å². The van der Waals surface area contributed by atoms with Crippen molar-refractivity contribution in [2.75, 3.05) is 0 Å². The van der Waals surface area contributed by atoms with E-state index in [9.17, 15) is 4.79 Å². The third-order valence-electron chi connectivity index (χ3n) is 3.29. The third-order valence-corrected chi connectivity index (χ3v) is 3.29. The number of hydrogen-bond donors (Lipinski definition) is 1. The molecule has 0 aliphatic heterocycles. The van der Waals surface area contributed by atoms with Crippen molar-refractivity contribution >= 4 is 5.78 Å². The molecule has 0 heterocycles. The van der Waals surface area contributed by atoms with Gasteiger partial charge >= 0.3 is 0 Å². The summed E-state index contributed by atoms with van der Waals surface area (Å²) in [5, 5.41) is 0. The number of nitrogens with two attached hydrogens (primary N) is 1. The fourth-order valence-corrected chi connectivity index (χ4v) is 2.09. The summed E-state index contributed by atoms with van der Waals surface area (Å²) in [6.45, 7) is 0. The van der Waals surface area contributed by atoms with Crippen molar-refractivity contribution in [2.24, 2.45) is 11.7 Å². The first kappa shape index (κ1) is 8.24. The van der Waals surface area contributed by atoms with Crippen LogP contribution in [0.2, 0.25) is 0 Å². The van der Waals surface area contributed by atoms with E-state index in [0.29, 0.717) is 11.7 Å². The minimum Gasteiger partial charge on any atom is -0.319 e. The van der Waals surface area contributed by atoms with Gasteiger partial charge in [-0.25, -0.2) is 0 Å². The van der Waals surface area contributed by atoms with E-state index in [0.717, 1.165) is 19.3 Å². The van der Waals surface area contributed by atoms with E-state index in [1.807, 2.05) is 0 Å². The first-order chi connectivity index (χ1) is 5.71. The second-order valence-corrected chi connectivity index (χ2v) is 4.43. The van der Waals surface area contributed by atoms with Crippen LogP contribution < -0.4 is 5.73 Å². The van der Waals surface area contributed by atoms with Crippen LogP contribution >= 0.6 is 0 Å². The maximum absolute atomic E-state index is 11.6. The number of Topliss-reactive ketones (excluding diaryl/α,β-unsaturated/α-hetero) is 1. The molecule has 2 aliphatic rings. The standard InChI is InChI=1S/C10H17NO/c11-10(5-6-10)9(12)7-8-3-1-2-4-8/h8H,1-7,11H2. The van der Waals surface area contributed by atoms with Crippen molar-refractivity contribution in [1.82, 2.24) is 0 Å². The molecule has 2 heteroatoms. The molecule has 2 nitrogen and oxygen atoms in total. The van der Waals surface area contributed by atoms with Gasteiger partial charge in [0, 0.05) is 6.42 Å². The molecule has 2 rings (SSSR count). The van der Waals surface area contributed by atoms with Gasteiger partial charge in [0.2, 0.25) is 0 Å². The molecule has 2 N–H and O–H groups in total. The molecule has 0 aromatic rings. The normalized spacial score (nSPS) is 27.4. The van der Waals surface area contributed by atoms with E-state index in [2.05, 4.69) is 0 Å². The summed E-state index contributed by atoms with van der Waals surface area (Å²) in [4.78, 5) is 11.6. The molecule has 2 aliphatic carbocycles. The van der Waals surface area contributed by atoms with Gasteiger partial charge in [0.1, 0.15) is 0 Å². The summed E-state index contributed by atoms with van der Waals surface area (Å²) >= 11 is 0. The maximum atomic E-state index is 11.6. The lowest BCUT2D eigenvalue weighted by molar-refractivity contribution is -0.122. The fourth-order valence-electron chi connectivity index (χ4n) is 2.09. The molecule has 0 radical (unpaired) electrons. The van der Waals surface area contributed by atoms with E-state index in [1.54, 1.807) is 0 Å². The van der Waals surface area contributed by atoms with Crippen LogP contribution in [0.25, 0.3) is 0 Å². The Bertz CT molecular complexity index is 190. The van der Waals surface area contributed by atoms with Crippen molar-refractivity contribution in [3.63, 3.8) is 0 Å². The molecule has 0 aromatic heterocycles. The average Bonchev–Trinajstić information content (AvgIpc) is 2.63. The topological polar surface area (TPSA) is 43.1 Å². The molecule has 0 saturated heterocycles. The molecule has 2 saturated carbocycles. The highest BCUT2D eigenvalue weighted by atomic mass is 16.1. The molecular weight excluding hydrogens is 150 g/mol. The number of hydrogen-bond acceptors (Lipinski definition) is 2. The Morgan fingerprint density at radius 3 is 2.42 bits per heavy atom. The molecule has 0 bridgehead atoms. The third kappa shape index (κ3) is 1.53. The largest absolute Gasteiger partial charge is 0.319 e. The van der Waals surface area contributed by atoms with Crippen molar-refractivity contribution in [3.05, 3.63) is 0 Å². The van der Waals surface area contributed by atoms with Gasteiger partial charge in [-0.3, -0.25) is 4.79 Å². The van der Waals surface area contributed by atoms with E-state index >= 15 is 0 Å². The lowest BCUT2D eigenvalue weighted by Gasteiger charge is -2.11. The van der Waals surface area contributed by atoms with Crippen LogP contribution in [0.4, 0.5) is 0 Å². The number of carbonyl (C=O) groups excluding carboxylic acids is 1. The zero-order valence-electron chi connectivity index (χ0n) is 7.51. The minimum absolute atomic E-state index is 0.328. The van der Waals surface area contributed by atoms with Gasteiger partial charge in [-0.05, 0) is 18.8 Å². The fraction of sp³-hybridized carbons (Fsp3) is 0.900. The summed E-state index contributed by atoms with van der Waals surface area (Å²) in [5.74, 6) is 0.993. The quantitative estimate of drug-likeness (QED) is 0.694. The van der Waals surface area contributed by atoms with E-state index < -0.39 is 0 Å². The van der Waals surface area contributed by atoms with E-state index in [-0.39, 0.29) is 5.54 Å². The van der Waals surface area contributed by atoms with E-state index in [1.165, 1.54) is 25.7 Å². The molecular formula is C10H17NO. The Kier molecular flexibility index (Phi) is 1.95. The van der Waals surface area contributed by atoms with Gasteiger partial charge < -0.3 is 5.73 Å². The predicted molar refractivity (Wildman–Crippen MR) is 47.7 cm³/mol. The highest BCUT2D eigenvalue weighted by Crippen LogP contribution is 2.37. The van der Waals surface area contributed by atoms with Crippen LogP contribution in [0.1, 0.15) is 44.9 Å². The highest BCUT2D eigenvalue weighted by Gasteiger charge is 2.45. The molecule has 0 aromatic carbocycles. The van der Waals surface area contributed by atoms with Gasteiger partial charge in [0.05, 0.1) is 5.54 Å². The molecule has 12 heavy (non-hydrogen) atoms. The predicted octanol–water partition coefficient (Wildman–Crippen LogP) is 1.63. The first-order valence-corrected chi connectivity index (χ1v) is 5.03. The average molecular weight is 167 g/mol. The lowest BCUT2D eigenvalue weighted by Crippen LogP contribution is -2.33. The van der Waals surface area contributed by atoms with Gasteiger partial charge in [0.25, 0.3) is 0 Å². The van der Waals surface area contributed by atoms with Gasteiger partial charge in [-0.15, -0.1) is 0 Å². The van der Waals surface area contributed by atoms with Crippen LogP contribution in [-0.4, -0.2) is 11.3 Å². The Labute approximate surface area is 73.5 Å². The zero-order valence-corrected chi connectivity index (χ0v) is 7.51. The molecule has 68 valence electrons. The molecule has 0 atom stereocenters. The molecule has 0 amide bonds. The highest BCUT2D eigenvalue weighted by molar-refractivity contribution is 5.91. The molecule has 0 spiro atoms. The van der Waals surface area contributed by atoms with Crippen LogP contribution in [0, 0.1) is 5.92 Å². The Morgan fingerprint density at radius 2 is 1.92 bits per heavy atom. The smallest absolute Gasteiger partial charge is 0.152 e. The summed E-state index contributed by atoms with van der Waals surface area (Å²) in [7, 11) is 0. The van der Waals surface area contributed by atoms with Crippen molar-refractivity contribution in [3.8, 4) is 0 Å². The summed E-state index contributed by atoms with van der Waals surface area (Å²) < 4.78 is 0. The Morgan fingerprint density at radius 1 is 1.33 bits per heavy atom. The second kappa shape index (κ2) is 2.84. The zero-order chi connectivity index (χ0) is 8.60. The van der Waals surface area contributed by atoms with Crippen molar-refractivity contribution < 1.29 is 4.79 Å². The Balaban J connectivity index is 1.82. The van der Waals surface area contributed by atoms with Crippen LogP contribution in [-0.2, 0) is 4.79 Å². The van der Waals surface area contributed by atoms with E-state index in [4.69, 9.17) is 5.73 Å². The minimum atomic E-state index is -0.372. The SMILES string of the molecule is NC1(C(=O)CC2CCCC2)CC1. The summed E-state index contributed by atoms with van der Waals surface area (Å²) in [5.41, 5.74) is 5.45. The number of ketones is 1. The summed E-state index contributed by atoms with van der Waals surface area (Å²) in [6.07, 6.45) is 7.75. The number of carbonyl (C=O) groups is 1. The van der Waals surface area contributed by atoms with Crippen LogP contribution in [0.15, 0.2) is 0 Å². The molecule has 2 fully saturated rings. The van der Waals surface area contributed by atoms with Crippen molar-refractivity contribution in [2.45, 2.75) is 50.5 Å². The van der Waals surface area contributed by atoms with Gasteiger partial charge in [-0.1, -0.05) is 25.7 Å². The number of rotatable bonds is 3. The van der Waals surface area contributed by atoms with Gasteiger partial charge in [0.15, 0.2) is 5.78 Å². The lowest BCUT2D eigenvalue weighted by atomic mass is 9.96. The maximum Gasteiger partial charge on any atom is 0.152 e. The van der Waals surface area contributed by atoms with Gasteiger partial charge in [-0.2, -0.15) is 0 Å². The Hall–Kier alpha value is -0.370. The van der Waals surface area contributed by atoms with Crippen LogP contribution in [0.5, 0.6) is 0 Å². The van der Waals surface area contributed by atoms with Crippen LogP contribution in [0.3, 0.4) is 0 Å². The second-order valence-electron chi connectivity index (χ2n) is 4.43. The molecule has 0 unspecified atom stereocenters. The first-order valence-electron chi connectivity index (χ1n) is 5.03. The monoisotopic (exact) mass is 167 g/mol.